The predicted octanol–water partition coefficient (Wildman–Crippen LogP) is 4.38. The Labute approximate surface area is 194 Å². The minimum atomic E-state index is -0.588. The third-order valence-corrected chi connectivity index (χ3v) is 5.67. The second kappa shape index (κ2) is 10.4. The normalized spacial score (nSPS) is 16.8. The molecule has 7 heteroatoms. The molecule has 32 heavy (non-hydrogen) atoms. The minimum absolute atomic E-state index is 0.155. The van der Waals surface area contributed by atoms with Crippen LogP contribution in [0.3, 0.4) is 0 Å². The molecule has 0 bridgehead atoms. The van der Waals surface area contributed by atoms with E-state index in [1.165, 1.54) is 12.7 Å². The summed E-state index contributed by atoms with van der Waals surface area (Å²) < 4.78 is 10.7. The van der Waals surface area contributed by atoms with Gasteiger partial charge in [0.2, 0.25) is 0 Å². The molecule has 1 amide bonds. The zero-order chi connectivity index (χ0) is 23.3. The maximum absolute atomic E-state index is 13.0. The quantitative estimate of drug-likeness (QED) is 0.651. The first-order valence-corrected chi connectivity index (χ1v) is 11.2. The number of nitrogens with zero attached hydrogens (tertiary/aromatic N) is 1. The summed E-state index contributed by atoms with van der Waals surface area (Å²) in [5.74, 6) is -0.347. The van der Waals surface area contributed by atoms with Crippen LogP contribution in [0.2, 0.25) is 5.02 Å². The summed E-state index contributed by atoms with van der Waals surface area (Å²) >= 11 is 5.98. The maximum atomic E-state index is 13.0. The van der Waals surface area contributed by atoms with Crippen molar-refractivity contribution in [3.05, 3.63) is 70.2 Å². The Morgan fingerprint density at radius 1 is 1.12 bits per heavy atom. The number of amides is 1. The molecule has 1 aliphatic heterocycles. The first kappa shape index (κ1) is 24.1. The lowest BCUT2D eigenvalue weighted by molar-refractivity contribution is -0.143. The Balaban J connectivity index is 1.76. The Bertz CT molecular complexity index is 940. The average Bonchev–Trinajstić information content (AvgIpc) is 2.75. The summed E-state index contributed by atoms with van der Waals surface area (Å²) in [6, 6.07) is 14.8. The third kappa shape index (κ3) is 6.47. The van der Waals surface area contributed by atoms with E-state index in [9.17, 15) is 9.59 Å². The highest BCUT2D eigenvalue weighted by atomic mass is 35.5. The lowest BCUT2D eigenvalue weighted by Gasteiger charge is -2.38. The van der Waals surface area contributed by atoms with Gasteiger partial charge in [0.05, 0.1) is 13.2 Å². The van der Waals surface area contributed by atoms with Crippen molar-refractivity contribution >= 4 is 23.7 Å². The number of rotatable bonds is 6. The minimum Gasteiger partial charge on any atom is -0.468 e. The summed E-state index contributed by atoms with van der Waals surface area (Å²) in [4.78, 5) is 27.2. The smallest absolute Gasteiger partial charge is 0.410 e. The standard InChI is InChI=1S/C25H31ClN2O4/c1-25(2,3)32-24(30)28-16-19-8-6-5-7-18(19)14-21(28)15-27-22(23(29)31-4)13-17-9-11-20(26)12-10-17/h5-12,21-22,27H,13-16H2,1-4H3/t21-,22-/m1/s1. The molecule has 0 spiro atoms. The fourth-order valence-corrected chi connectivity index (χ4v) is 3.95. The van der Waals surface area contributed by atoms with E-state index in [1.807, 2.05) is 51.1 Å². The van der Waals surface area contributed by atoms with Gasteiger partial charge in [-0.05, 0) is 62.4 Å². The maximum Gasteiger partial charge on any atom is 0.410 e. The number of halogens is 1. The highest BCUT2D eigenvalue weighted by Gasteiger charge is 2.33. The molecule has 2 aromatic carbocycles. The van der Waals surface area contributed by atoms with Crippen LogP contribution in [0.25, 0.3) is 0 Å². The van der Waals surface area contributed by atoms with Crippen molar-refractivity contribution in [2.45, 2.75) is 57.8 Å². The largest absolute Gasteiger partial charge is 0.468 e. The van der Waals surface area contributed by atoms with Gasteiger partial charge in [0, 0.05) is 18.1 Å². The summed E-state index contributed by atoms with van der Waals surface area (Å²) in [5, 5.41) is 3.97. The highest BCUT2D eigenvalue weighted by molar-refractivity contribution is 6.30. The van der Waals surface area contributed by atoms with Crippen molar-refractivity contribution in [2.24, 2.45) is 0 Å². The number of hydrogen-bond donors (Lipinski definition) is 1. The molecular formula is C25H31ClN2O4. The van der Waals surface area contributed by atoms with Gasteiger partial charge in [0.1, 0.15) is 11.6 Å². The highest BCUT2D eigenvalue weighted by Crippen LogP contribution is 2.25. The summed E-state index contributed by atoms with van der Waals surface area (Å²) in [7, 11) is 1.38. The zero-order valence-electron chi connectivity index (χ0n) is 19.1. The Hall–Kier alpha value is -2.57. The number of benzene rings is 2. The molecule has 0 saturated heterocycles. The van der Waals surface area contributed by atoms with E-state index in [-0.39, 0.29) is 18.1 Å². The van der Waals surface area contributed by atoms with E-state index in [1.54, 1.807) is 17.0 Å². The topological polar surface area (TPSA) is 67.9 Å². The molecule has 1 N–H and O–H groups in total. The Morgan fingerprint density at radius 3 is 2.41 bits per heavy atom. The zero-order valence-corrected chi connectivity index (χ0v) is 19.8. The van der Waals surface area contributed by atoms with E-state index < -0.39 is 11.6 Å². The number of esters is 1. The first-order valence-electron chi connectivity index (χ1n) is 10.8. The molecule has 0 saturated carbocycles. The SMILES string of the molecule is COC(=O)[C@@H](Cc1ccc(Cl)cc1)NC[C@H]1Cc2ccccc2CN1C(=O)OC(C)(C)C. The van der Waals surface area contributed by atoms with E-state index in [0.29, 0.717) is 31.0 Å². The number of nitrogens with one attached hydrogen (secondary N) is 1. The lowest BCUT2D eigenvalue weighted by atomic mass is 9.94. The van der Waals surface area contributed by atoms with Gasteiger partial charge >= 0.3 is 12.1 Å². The van der Waals surface area contributed by atoms with Gasteiger partial charge in [-0.15, -0.1) is 0 Å². The van der Waals surface area contributed by atoms with E-state index in [4.69, 9.17) is 21.1 Å². The molecule has 0 radical (unpaired) electrons. The van der Waals surface area contributed by atoms with E-state index in [2.05, 4.69) is 11.4 Å². The number of methoxy groups -OCH3 is 1. The Morgan fingerprint density at radius 2 is 1.78 bits per heavy atom. The van der Waals surface area contributed by atoms with Crippen molar-refractivity contribution in [3.63, 3.8) is 0 Å². The number of ether oxygens (including phenoxy) is 2. The van der Waals surface area contributed by atoms with Gasteiger partial charge in [0.25, 0.3) is 0 Å². The molecule has 1 aliphatic rings. The number of fused-ring (bicyclic) bond motifs is 1. The molecular weight excluding hydrogens is 428 g/mol. The number of carbonyl (C=O) groups excluding carboxylic acids is 2. The second-order valence-corrected chi connectivity index (χ2v) is 9.49. The fraction of sp³-hybridized carbons (Fsp3) is 0.440. The van der Waals surface area contributed by atoms with Gasteiger partial charge in [-0.3, -0.25) is 9.69 Å². The summed E-state index contributed by atoms with van der Waals surface area (Å²) in [5.41, 5.74) is 2.69. The molecule has 0 aliphatic carbocycles. The molecule has 2 atom stereocenters. The van der Waals surface area contributed by atoms with Crippen LogP contribution < -0.4 is 5.32 Å². The summed E-state index contributed by atoms with van der Waals surface area (Å²) in [6.45, 7) is 6.47. The van der Waals surface area contributed by atoms with Gasteiger partial charge in [-0.25, -0.2) is 4.79 Å². The van der Waals surface area contributed by atoms with Crippen molar-refractivity contribution in [3.8, 4) is 0 Å². The van der Waals surface area contributed by atoms with Crippen molar-refractivity contribution in [2.75, 3.05) is 13.7 Å². The van der Waals surface area contributed by atoms with Gasteiger partial charge in [-0.2, -0.15) is 0 Å². The number of hydrogen-bond acceptors (Lipinski definition) is 5. The van der Waals surface area contributed by atoms with E-state index in [0.717, 1.165) is 11.1 Å². The monoisotopic (exact) mass is 458 g/mol. The van der Waals surface area contributed by atoms with Crippen molar-refractivity contribution in [1.29, 1.82) is 0 Å². The molecule has 1 heterocycles. The van der Waals surface area contributed by atoms with Crippen LogP contribution in [0.15, 0.2) is 48.5 Å². The van der Waals surface area contributed by atoms with Crippen molar-refractivity contribution < 1.29 is 19.1 Å². The third-order valence-electron chi connectivity index (χ3n) is 5.42. The first-order chi connectivity index (χ1) is 15.2. The molecule has 0 fully saturated rings. The van der Waals surface area contributed by atoms with Gasteiger partial charge in [-0.1, -0.05) is 48.0 Å². The van der Waals surface area contributed by atoms with Crippen LogP contribution in [-0.4, -0.2) is 48.3 Å². The fourth-order valence-electron chi connectivity index (χ4n) is 3.82. The predicted molar refractivity (Wildman–Crippen MR) is 125 cm³/mol. The second-order valence-electron chi connectivity index (χ2n) is 9.05. The average molecular weight is 459 g/mol. The summed E-state index contributed by atoms with van der Waals surface area (Å²) in [6.07, 6.45) is 0.780. The molecule has 3 rings (SSSR count). The van der Waals surface area contributed by atoms with Crippen LogP contribution >= 0.6 is 11.6 Å². The van der Waals surface area contributed by atoms with Crippen molar-refractivity contribution in [1.82, 2.24) is 10.2 Å². The Kier molecular flexibility index (Phi) is 7.80. The molecule has 0 unspecified atom stereocenters. The molecule has 6 nitrogen and oxygen atoms in total. The number of carbonyl (C=O) groups is 2. The van der Waals surface area contributed by atoms with Crippen LogP contribution in [0.1, 0.15) is 37.5 Å². The lowest BCUT2D eigenvalue weighted by Crippen LogP contribution is -2.53. The van der Waals surface area contributed by atoms with Crippen LogP contribution in [0, 0.1) is 0 Å². The molecule has 0 aromatic heterocycles. The molecule has 172 valence electrons. The van der Waals surface area contributed by atoms with Crippen LogP contribution in [0.4, 0.5) is 4.79 Å². The molecule has 2 aromatic rings. The van der Waals surface area contributed by atoms with Gasteiger partial charge < -0.3 is 14.8 Å². The van der Waals surface area contributed by atoms with Gasteiger partial charge in [0.15, 0.2) is 0 Å². The van der Waals surface area contributed by atoms with Crippen LogP contribution in [0.5, 0.6) is 0 Å². The van der Waals surface area contributed by atoms with Crippen LogP contribution in [-0.2, 0) is 33.7 Å². The van der Waals surface area contributed by atoms with E-state index >= 15 is 0 Å².